The van der Waals surface area contributed by atoms with E-state index in [1.165, 1.54) is 12.7 Å². The van der Waals surface area contributed by atoms with E-state index < -0.39 is 18.0 Å². The van der Waals surface area contributed by atoms with Gasteiger partial charge in [0.25, 0.3) is 0 Å². The standard InChI is InChI=1S/C26H27N5O3.C23H23N5O3/c1-25(2)33-21-20(31-9-7-18-23(27)29-14-30-24(18)31)13-26(22(21)34-25)11-17(12-26)32-16-6-5-15-4-3-8-28-19(15)10-16;24-21-16-5-7-28(22(16)27-12-26-21)18-11-23(20(30)19(18)29)9-15(10-23)31-14-4-3-13-2-1-6-25-17(13)8-14/h3-10,14,17,20-22H,11-13H2,1-2H3,(H2,27,29,30);1-8,12,15,18-20,29-30H,9-11H2,(H2,24,26,27)/t17?,20-,21+,22+,26?;15?,18-,19+,20+,23?/m11/s1. The molecule has 7 heterocycles. The fourth-order valence-corrected chi connectivity index (χ4v) is 11.8. The zero-order chi connectivity index (χ0) is 44.2. The van der Waals surface area contributed by atoms with Crippen LogP contribution in [0, 0.1) is 10.8 Å². The second-order valence-corrected chi connectivity index (χ2v) is 19.2. The first-order chi connectivity index (χ1) is 31.4. The molecule has 16 heteroatoms. The summed E-state index contributed by atoms with van der Waals surface area (Å²) in [7, 11) is 0. The van der Waals surface area contributed by atoms with Crippen LogP contribution < -0.4 is 20.9 Å². The van der Waals surface area contributed by atoms with E-state index in [9.17, 15) is 10.2 Å². The molecule has 8 aromatic rings. The largest absolute Gasteiger partial charge is 0.490 e. The van der Waals surface area contributed by atoms with Crippen LogP contribution in [0.3, 0.4) is 0 Å². The Kier molecular flexibility index (Phi) is 9.12. The Balaban J connectivity index is 0.000000137. The maximum atomic E-state index is 10.9. The Labute approximate surface area is 373 Å². The van der Waals surface area contributed by atoms with Gasteiger partial charge in [0.1, 0.15) is 59.3 Å². The lowest BCUT2D eigenvalue weighted by Crippen LogP contribution is -2.50. The van der Waals surface area contributed by atoms with Crippen molar-refractivity contribution in [1.29, 1.82) is 0 Å². The van der Waals surface area contributed by atoms with Gasteiger partial charge in [-0.25, -0.2) is 19.9 Å². The monoisotopic (exact) mass is 874 g/mol. The summed E-state index contributed by atoms with van der Waals surface area (Å²) in [5.41, 5.74) is 15.1. The van der Waals surface area contributed by atoms with E-state index in [1.807, 2.05) is 91.5 Å². The molecule has 5 aliphatic rings. The number of aromatic nitrogens is 8. The topological polar surface area (TPSA) is 217 Å². The molecule has 6 atom stereocenters. The number of nitrogens with two attached hydrogens (primary N) is 2. The number of anilines is 2. The highest BCUT2D eigenvalue weighted by atomic mass is 16.8. The number of nitrogen functional groups attached to an aromatic ring is 2. The molecule has 5 fully saturated rings. The molecule has 4 saturated carbocycles. The molecule has 0 bridgehead atoms. The molecular formula is C49H50N10O6. The minimum Gasteiger partial charge on any atom is -0.490 e. The first-order valence-corrected chi connectivity index (χ1v) is 22.3. The van der Waals surface area contributed by atoms with E-state index in [0.717, 1.165) is 69.0 Å². The zero-order valence-corrected chi connectivity index (χ0v) is 36.0. The third-order valence-corrected chi connectivity index (χ3v) is 14.8. The predicted octanol–water partition coefficient (Wildman–Crippen LogP) is 6.71. The van der Waals surface area contributed by atoms with Crippen LogP contribution in [-0.2, 0) is 9.47 Å². The summed E-state index contributed by atoms with van der Waals surface area (Å²) in [4.78, 5) is 25.9. The van der Waals surface area contributed by atoms with Crippen molar-refractivity contribution in [2.75, 3.05) is 11.5 Å². The van der Waals surface area contributed by atoms with E-state index in [-0.39, 0.29) is 47.3 Å². The van der Waals surface area contributed by atoms with Crippen LogP contribution in [-0.4, -0.2) is 91.7 Å². The third kappa shape index (κ3) is 6.64. The minimum atomic E-state index is -0.877. The number of ether oxygens (including phenoxy) is 4. The van der Waals surface area contributed by atoms with Gasteiger partial charge in [0, 0.05) is 58.5 Å². The number of rotatable bonds is 6. The molecule has 0 unspecified atom stereocenters. The molecule has 2 spiro atoms. The van der Waals surface area contributed by atoms with Crippen LogP contribution in [0.2, 0.25) is 0 Å². The maximum absolute atomic E-state index is 10.9. The van der Waals surface area contributed by atoms with Gasteiger partial charge in [0.05, 0.1) is 58.3 Å². The Hall–Kier alpha value is -6.46. The molecule has 13 rings (SSSR count). The van der Waals surface area contributed by atoms with Crippen molar-refractivity contribution >= 4 is 55.5 Å². The van der Waals surface area contributed by atoms with Crippen molar-refractivity contribution in [1.82, 2.24) is 39.0 Å². The molecule has 16 nitrogen and oxygen atoms in total. The highest BCUT2D eigenvalue weighted by Gasteiger charge is 2.66. The summed E-state index contributed by atoms with van der Waals surface area (Å²) in [6.07, 6.45) is 13.7. The van der Waals surface area contributed by atoms with E-state index in [4.69, 9.17) is 30.4 Å². The summed E-state index contributed by atoms with van der Waals surface area (Å²) >= 11 is 0. The van der Waals surface area contributed by atoms with Gasteiger partial charge in [-0.1, -0.05) is 12.1 Å². The number of fused-ring (bicyclic) bond motifs is 6. The first-order valence-electron chi connectivity index (χ1n) is 22.3. The van der Waals surface area contributed by atoms with E-state index in [2.05, 4.69) is 52.8 Å². The fraction of sp³-hybridized carbons (Fsp3) is 0.388. The summed E-state index contributed by atoms with van der Waals surface area (Å²) in [5, 5.41) is 25.6. The average Bonchev–Trinajstić information content (AvgIpc) is 4.09. The number of nitrogens with zero attached hydrogens (tertiary/aromatic N) is 8. The number of aliphatic hydroxyl groups excluding tert-OH is 2. The number of benzene rings is 2. The summed E-state index contributed by atoms with van der Waals surface area (Å²) in [5.74, 6) is 1.93. The van der Waals surface area contributed by atoms with Crippen LogP contribution in [0.4, 0.5) is 11.6 Å². The van der Waals surface area contributed by atoms with Crippen molar-refractivity contribution in [2.45, 2.75) is 107 Å². The minimum absolute atomic E-state index is 0.00105. The van der Waals surface area contributed by atoms with E-state index in [1.54, 1.807) is 6.20 Å². The van der Waals surface area contributed by atoms with Gasteiger partial charge in [-0.2, -0.15) is 0 Å². The zero-order valence-electron chi connectivity index (χ0n) is 36.0. The Morgan fingerprint density at radius 1 is 0.615 bits per heavy atom. The van der Waals surface area contributed by atoms with Crippen molar-refractivity contribution in [2.24, 2.45) is 10.8 Å². The van der Waals surface area contributed by atoms with Crippen LogP contribution in [0.1, 0.15) is 64.5 Å². The molecule has 4 aliphatic carbocycles. The summed E-state index contributed by atoms with van der Waals surface area (Å²) < 4.78 is 29.6. The van der Waals surface area contributed by atoms with Gasteiger partial charge < -0.3 is 49.8 Å². The van der Waals surface area contributed by atoms with Crippen molar-refractivity contribution in [3.8, 4) is 11.5 Å². The van der Waals surface area contributed by atoms with Crippen LogP contribution >= 0.6 is 0 Å². The second-order valence-electron chi connectivity index (χ2n) is 19.2. The number of hydrogen-bond acceptors (Lipinski definition) is 14. The maximum Gasteiger partial charge on any atom is 0.163 e. The molecular weight excluding hydrogens is 825 g/mol. The molecule has 0 radical (unpaired) electrons. The lowest BCUT2D eigenvalue weighted by molar-refractivity contribution is -0.185. The van der Waals surface area contributed by atoms with Gasteiger partial charge in [-0.15, -0.1) is 0 Å². The van der Waals surface area contributed by atoms with Crippen LogP contribution in [0.5, 0.6) is 11.5 Å². The quantitative estimate of drug-likeness (QED) is 0.137. The summed E-state index contributed by atoms with van der Waals surface area (Å²) in [6.45, 7) is 4.00. The van der Waals surface area contributed by atoms with Crippen molar-refractivity contribution < 1.29 is 29.2 Å². The lowest BCUT2D eigenvalue weighted by Gasteiger charge is -2.48. The Bertz CT molecular complexity index is 3110. The van der Waals surface area contributed by atoms with Gasteiger partial charge in [0.15, 0.2) is 5.79 Å². The molecule has 6 N–H and O–H groups in total. The Morgan fingerprint density at radius 3 is 1.71 bits per heavy atom. The average molecular weight is 875 g/mol. The first kappa shape index (κ1) is 40.1. The molecule has 65 heavy (non-hydrogen) atoms. The summed E-state index contributed by atoms with van der Waals surface area (Å²) in [6, 6.07) is 23.7. The van der Waals surface area contributed by atoms with Crippen LogP contribution in [0.25, 0.3) is 43.9 Å². The predicted molar refractivity (Wildman–Crippen MR) is 243 cm³/mol. The normalized spacial score (nSPS) is 31.0. The third-order valence-electron chi connectivity index (χ3n) is 14.8. The smallest absolute Gasteiger partial charge is 0.163 e. The van der Waals surface area contributed by atoms with Crippen molar-refractivity contribution in [3.63, 3.8) is 0 Å². The van der Waals surface area contributed by atoms with Gasteiger partial charge >= 0.3 is 0 Å². The highest BCUT2D eigenvalue weighted by molar-refractivity contribution is 5.87. The van der Waals surface area contributed by atoms with Crippen LogP contribution in [0.15, 0.2) is 110 Å². The lowest BCUT2D eigenvalue weighted by atomic mass is 9.64. The molecule has 332 valence electrons. The van der Waals surface area contributed by atoms with Gasteiger partial charge in [0.2, 0.25) is 0 Å². The number of hydrogen-bond donors (Lipinski definition) is 4. The molecule has 2 aromatic carbocycles. The number of pyridine rings is 2. The van der Waals surface area contributed by atoms with E-state index >= 15 is 0 Å². The van der Waals surface area contributed by atoms with Gasteiger partial charge in [-0.05, 0) is 101 Å². The Morgan fingerprint density at radius 2 is 1.14 bits per heavy atom. The molecule has 0 amide bonds. The SMILES string of the molecule is CC1(C)O[C@H]2[C@H](n3ccc4c(N)ncnc43)CC3(CC(Oc4ccc5cccnc5c4)C3)[C@H]2O1.Nc1ncnc2c1ccn2[C@@H]1CC2(CC(Oc3ccc4cccnc4c3)C2)[C@@H](O)[C@H]1O. The molecule has 1 aliphatic heterocycles. The van der Waals surface area contributed by atoms with E-state index in [0.29, 0.717) is 36.5 Å². The second kappa shape index (κ2) is 14.8. The number of aliphatic hydroxyl groups is 2. The molecule has 6 aromatic heterocycles. The molecule has 1 saturated heterocycles. The highest BCUT2D eigenvalue weighted by Crippen LogP contribution is 2.63. The van der Waals surface area contributed by atoms with Gasteiger partial charge in [-0.3, -0.25) is 9.97 Å². The fourth-order valence-electron chi connectivity index (χ4n) is 11.8. The van der Waals surface area contributed by atoms with Crippen molar-refractivity contribution in [3.05, 3.63) is 110 Å².